The second-order valence-corrected chi connectivity index (χ2v) is 2.75. The summed E-state index contributed by atoms with van der Waals surface area (Å²) in [6.45, 7) is 0.293. The van der Waals surface area contributed by atoms with E-state index in [0.29, 0.717) is 11.9 Å². The Morgan fingerprint density at radius 2 is 2.71 bits per heavy atom. The predicted octanol–water partition coefficient (Wildman–Crippen LogP) is 0.650. The summed E-state index contributed by atoms with van der Waals surface area (Å²) in [5.41, 5.74) is 0. The molecule has 0 aromatic rings. The lowest BCUT2D eigenvalue weighted by molar-refractivity contribution is 0.307. The molecule has 7 heavy (non-hydrogen) atoms. The van der Waals surface area contributed by atoms with Crippen LogP contribution >= 0.6 is 11.8 Å². The lowest BCUT2D eigenvalue weighted by Crippen LogP contribution is -1.99. The molecule has 0 saturated carbocycles. The van der Waals surface area contributed by atoms with Crippen LogP contribution in [0.4, 0.5) is 0 Å². The van der Waals surface area contributed by atoms with Crippen molar-refractivity contribution in [3.8, 4) is 0 Å². The van der Waals surface area contributed by atoms with Crippen LogP contribution in [0, 0.1) is 0 Å². The Labute approximate surface area is 47.4 Å². The van der Waals surface area contributed by atoms with E-state index in [1.165, 1.54) is 0 Å². The summed E-state index contributed by atoms with van der Waals surface area (Å²) in [5, 5.41) is 8.88. The van der Waals surface area contributed by atoms with E-state index in [2.05, 4.69) is 6.08 Å². The predicted molar refractivity (Wildman–Crippen MR) is 32.5 cm³/mol. The summed E-state index contributed by atoms with van der Waals surface area (Å²) >= 11 is 1.78. The number of rotatable bonds is 1. The summed E-state index contributed by atoms with van der Waals surface area (Å²) in [4.78, 5) is 0. The molecule has 1 heterocycles. The van der Waals surface area contributed by atoms with Gasteiger partial charge in [0, 0.05) is 11.0 Å². The van der Waals surface area contributed by atoms with E-state index in [1.54, 1.807) is 11.8 Å². The monoisotopic (exact) mass is 116 g/mol. The van der Waals surface area contributed by atoms with Gasteiger partial charge in [0.1, 0.15) is 0 Å². The van der Waals surface area contributed by atoms with Gasteiger partial charge in [-0.05, 0) is 0 Å². The highest BCUT2D eigenvalue weighted by Crippen LogP contribution is 2.17. The van der Waals surface area contributed by atoms with Crippen LogP contribution in [0.25, 0.3) is 0 Å². The van der Waals surface area contributed by atoms with Gasteiger partial charge >= 0.3 is 0 Å². The zero-order chi connectivity index (χ0) is 5.11. The third kappa shape index (κ3) is 1.21. The molecule has 0 bridgehead atoms. The van der Waals surface area contributed by atoms with Gasteiger partial charge in [0.2, 0.25) is 0 Å². The Bertz CT molecular complexity index is 80.1. The Balaban J connectivity index is 2.28. The van der Waals surface area contributed by atoms with Crippen molar-refractivity contribution in [1.29, 1.82) is 0 Å². The molecule has 1 N–H and O–H groups in total. The summed E-state index contributed by atoms with van der Waals surface area (Å²) in [5.74, 6) is 1.07. The fraction of sp³-hybridized carbons (Fsp3) is 0.600. The molecule has 0 unspecified atom stereocenters. The van der Waals surface area contributed by atoms with E-state index in [9.17, 15) is 0 Å². The molecule has 0 aromatic carbocycles. The molecule has 2 heteroatoms. The highest BCUT2D eigenvalue weighted by atomic mass is 32.2. The largest absolute Gasteiger partial charge is 0.395 e. The summed E-state index contributed by atoms with van der Waals surface area (Å²) < 4.78 is 0. The molecular formula is C5H8OS. The fourth-order valence-corrected chi connectivity index (χ4v) is 1.35. The van der Waals surface area contributed by atoms with Gasteiger partial charge < -0.3 is 5.11 Å². The van der Waals surface area contributed by atoms with Crippen molar-refractivity contribution in [3.05, 3.63) is 12.2 Å². The maximum absolute atomic E-state index is 8.49. The van der Waals surface area contributed by atoms with Crippen LogP contribution in [0.15, 0.2) is 12.2 Å². The van der Waals surface area contributed by atoms with Crippen molar-refractivity contribution in [2.45, 2.75) is 5.25 Å². The SMILES string of the molecule is OC[C@H]1C=CCS1. The third-order valence-corrected chi connectivity index (χ3v) is 2.06. The van der Waals surface area contributed by atoms with Gasteiger partial charge in [-0.15, -0.1) is 11.8 Å². The van der Waals surface area contributed by atoms with Crippen LogP contribution < -0.4 is 0 Å². The fourth-order valence-electron chi connectivity index (χ4n) is 0.556. The minimum atomic E-state index is 0.293. The quantitative estimate of drug-likeness (QED) is 0.508. The maximum atomic E-state index is 8.49. The highest BCUT2D eigenvalue weighted by molar-refractivity contribution is 8.00. The first kappa shape index (κ1) is 5.19. The maximum Gasteiger partial charge on any atom is 0.0585 e. The molecule has 0 fully saturated rings. The Hall–Kier alpha value is 0.0500. The molecule has 0 radical (unpaired) electrons. The molecule has 0 aliphatic carbocycles. The van der Waals surface area contributed by atoms with Crippen LogP contribution in [0.2, 0.25) is 0 Å². The van der Waals surface area contributed by atoms with Crippen molar-refractivity contribution < 1.29 is 5.11 Å². The standard InChI is InChI=1S/C5H8OS/c6-4-5-2-1-3-7-5/h1-2,5-6H,3-4H2/t5-/m1/s1. The van der Waals surface area contributed by atoms with Crippen molar-refractivity contribution in [3.63, 3.8) is 0 Å². The van der Waals surface area contributed by atoms with Gasteiger partial charge in [0.05, 0.1) is 6.61 Å². The minimum Gasteiger partial charge on any atom is -0.395 e. The molecule has 1 aliphatic heterocycles. The topological polar surface area (TPSA) is 20.2 Å². The van der Waals surface area contributed by atoms with Gasteiger partial charge in [-0.25, -0.2) is 0 Å². The average Bonchev–Trinajstić information content (AvgIpc) is 2.14. The van der Waals surface area contributed by atoms with Gasteiger partial charge in [-0.2, -0.15) is 0 Å². The molecule has 1 atom stereocenters. The van der Waals surface area contributed by atoms with E-state index in [1.807, 2.05) is 6.08 Å². The molecule has 1 nitrogen and oxygen atoms in total. The zero-order valence-electron chi connectivity index (χ0n) is 4.00. The number of hydrogen-bond donors (Lipinski definition) is 1. The van der Waals surface area contributed by atoms with E-state index in [4.69, 9.17) is 5.11 Å². The van der Waals surface area contributed by atoms with Crippen LogP contribution in [0.3, 0.4) is 0 Å². The molecule has 0 spiro atoms. The normalized spacial score (nSPS) is 29.0. The van der Waals surface area contributed by atoms with E-state index in [0.717, 1.165) is 5.75 Å². The van der Waals surface area contributed by atoms with Crippen LogP contribution in [0.1, 0.15) is 0 Å². The van der Waals surface area contributed by atoms with Crippen LogP contribution in [0.5, 0.6) is 0 Å². The number of aliphatic hydroxyl groups excluding tert-OH is 1. The summed E-state index contributed by atoms with van der Waals surface area (Å²) in [6, 6.07) is 0. The van der Waals surface area contributed by atoms with Gasteiger partial charge in [-0.1, -0.05) is 12.2 Å². The van der Waals surface area contributed by atoms with Crippen molar-refractivity contribution in [1.82, 2.24) is 0 Å². The van der Waals surface area contributed by atoms with E-state index < -0.39 is 0 Å². The Morgan fingerprint density at radius 3 is 3.00 bits per heavy atom. The Morgan fingerprint density at radius 1 is 1.86 bits per heavy atom. The zero-order valence-corrected chi connectivity index (χ0v) is 4.82. The molecular weight excluding hydrogens is 108 g/mol. The molecule has 0 saturated heterocycles. The van der Waals surface area contributed by atoms with Crippen molar-refractivity contribution in [2.75, 3.05) is 12.4 Å². The van der Waals surface area contributed by atoms with Crippen LogP contribution in [-0.2, 0) is 0 Å². The number of aliphatic hydroxyl groups is 1. The third-order valence-electron chi connectivity index (χ3n) is 0.937. The molecule has 0 amide bonds. The second-order valence-electron chi connectivity index (χ2n) is 1.48. The number of thioether (sulfide) groups is 1. The first-order chi connectivity index (χ1) is 3.43. The van der Waals surface area contributed by atoms with E-state index >= 15 is 0 Å². The van der Waals surface area contributed by atoms with Gasteiger partial charge in [0.15, 0.2) is 0 Å². The Kier molecular flexibility index (Phi) is 1.77. The smallest absolute Gasteiger partial charge is 0.0585 e. The van der Waals surface area contributed by atoms with Gasteiger partial charge in [0.25, 0.3) is 0 Å². The van der Waals surface area contributed by atoms with E-state index in [-0.39, 0.29) is 0 Å². The first-order valence-electron chi connectivity index (χ1n) is 2.32. The number of hydrogen-bond acceptors (Lipinski definition) is 2. The highest BCUT2D eigenvalue weighted by Gasteiger charge is 2.05. The van der Waals surface area contributed by atoms with Crippen molar-refractivity contribution in [2.24, 2.45) is 0 Å². The summed E-state index contributed by atoms with van der Waals surface area (Å²) in [6.07, 6.45) is 4.14. The molecule has 1 rings (SSSR count). The minimum absolute atomic E-state index is 0.293. The first-order valence-corrected chi connectivity index (χ1v) is 3.37. The van der Waals surface area contributed by atoms with Crippen molar-refractivity contribution >= 4 is 11.8 Å². The summed E-state index contributed by atoms with van der Waals surface area (Å²) in [7, 11) is 0. The molecule has 40 valence electrons. The second kappa shape index (κ2) is 2.38. The lowest BCUT2D eigenvalue weighted by atomic mass is 10.4. The van der Waals surface area contributed by atoms with Crippen LogP contribution in [-0.4, -0.2) is 22.7 Å². The molecule has 0 aromatic heterocycles. The van der Waals surface area contributed by atoms with Gasteiger partial charge in [-0.3, -0.25) is 0 Å². The average molecular weight is 116 g/mol. The molecule has 1 aliphatic rings. The lowest BCUT2D eigenvalue weighted by Gasteiger charge is -1.96.